The van der Waals surface area contributed by atoms with Gasteiger partial charge in [-0.05, 0) is 31.4 Å². The summed E-state index contributed by atoms with van der Waals surface area (Å²) in [7, 11) is -3.11. The van der Waals surface area contributed by atoms with Gasteiger partial charge >= 0.3 is 0 Å². The lowest BCUT2D eigenvalue weighted by atomic mass is 10.2. The average molecular weight is 295 g/mol. The Labute approximate surface area is 117 Å². The van der Waals surface area contributed by atoms with Gasteiger partial charge in [0, 0.05) is 19.3 Å². The molecule has 0 saturated carbocycles. The summed E-state index contributed by atoms with van der Waals surface area (Å²) in [5, 5.41) is 8.49. The predicted octanol–water partition coefficient (Wildman–Crippen LogP) is 1.06. The second-order valence-corrected chi connectivity index (χ2v) is 7.35. The normalized spacial score (nSPS) is 21.6. The molecule has 7 heteroatoms. The minimum atomic E-state index is -3.11. The second kappa shape index (κ2) is 5.14. The fourth-order valence-corrected chi connectivity index (χ4v) is 4.63. The third-order valence-corrected chi connectivity index (χ3v) is 5.86. The summed E-state index contributed by atoms with van der Waals surface area (Å²) >= 11 is 0. The quantitative estimate of drug-likeness (QED) is 0.911. The molecule has 0 radical (unpaired) electrons. The van der Waals surface area contributed by atoms with Crippen molar-refractivity contribution in [3.8, 4) is 0 Å². The Morgan fingerprint density at radius 3 is 3.00 bits per heavy atom. The van der Waals surface area contributed by atoms with Crippen LogP contribution in [0.3, 0.4) is 0 Å². The fourth-order valence-electron chi connectivity index (χ4n) is 2.75. The average Bonchev–Trinajstić information content (AvgIpc) is 2.95. The summed E-state index contributed by atoms with van der Waals surface area (Å²) in [6.07, 6.45) is 3.53. The highest BCUT2D eigenvalue weighted by Gasteiger charge is 2.36. The van der Waals surface area contributed by atoms with Crippen LogP contribution < -0.4 is 0 Å². The van der Waals surface area contributed by atoms with E-state index in [0.29, 0.717) is 42.8 Å². The number of imidazole rings is 1. The number of aliphatic hydroxyl groups is 1. The highest BCUT2D eigenvalue weighted by atomic mass is 32.2. The number of aryl methyl sites for hydroxylation is 1. The highest BCUT2D eigenvalue weighted by Crippen LogP contribution is 2.35. The molecule has 1 unspecified atom stereocenters. The molecule has 3 heterocycles. The van der Waals surface area contributed by atoms with Crippen molar-refractivity contribution in [1.29, 1.82) is 0 Å². The second-order valence-electron chi connectivity index (χ2n) is 5.04. The van der Waals surface area contributed by atoms with E-state index in [1.807, 2.05) is 10.6 Å². The van der Waals surface area contributed by atoms with Gasteiger partial charge in [-0.2, -0.15) is 0 Å². The molecule has 20 heavy (non-hydrogen) atoms. The molecule has 1 aliphatic heterocycles. The van der Waals surface area contributed by atoms with Gasteiger partial charge in [0.1, 0.15) is 16.6 Å². The van der Waals surface area contributed by atoms with E-state index in [2.05, 4.69) is 9.97 Å². The van der Waals surface area contributed by atoms with E-state index in [1.165, 1.54) is 0 Å². The predicted molar refractivity (Wildman–Crippen MR) is 75.0 cm³/mol. The van der Waals surface area contributed by atoms with E-state index in [4.69, 9.17) is 5.11 Å². The van der Waals surface area contributed by atoms with Gasteiger partial charge in [0.15, 0.2) is 15.5 Å². The first-order valence-electron chi connectivity index (χ1n) is 6.77. The molecule has 1 N–H and O–H groups in total. The number of nitrogens with zero attached hydrogens (tertiary/aromatic N) is 3. The zero-order chi connectivity index (χ0) is 14.2. The Morgan fingerprint density at radius 2 is 2.30 bits per heavy atom. The topological polar surface area (TPSA) is 85.1 Å². The monoisotopic (exact) mass is 295 g/mol. The fraction of sp³-hybridized carbons (Fsp3) is 0.538. The van der Waals surface area contributed by atoms with E-state index in [9.17, 15) is 8.42 Å². The van der Waals surface area contributed by atoms with Crippen molar-refractivity contribution >= 4 is 21.0 Å². The zero-order valence-corrected chi connectivity index (χ0v) is 11.9. The SMILES string of the molecule is O=S1(=O)CCCC1c1nc2cccnc2n1CCCO. The van der Waals surface area contributed by atoms with Crippen molar-refractivity contribution < 1.29 is 13.5 Å². The van der Waals surface area contributed by atoms with Crippen LogP contribution in [-0.2, 0) is 16.4 Å². The molecule has 2 aromatic heterocycles. The van der Waals surface area contributed by atoms with Gasteiger partial charge in [0.05, 0.1) is 5.75 Å². The first-order chi connectivity index (χ1) is 9.63. The Hall–Kier alpha value is -1.47. The lowest BCUT2D eigenvalue weighted by Crippen LogP contribution is -2.15. The van der Waals surface area contributed by atoms with E-state index in [1.54, 1.807) is 12.3 Å². The molecule has 1 aliphatic rings. The van der Waals surface area contributed by atoms with Crippen LogP contribution in [0.2, 0.25) is 0 Å². The minimum absolute atomic E-state index is 0.0589. The first kappa shape index (κ1) is 13.5. The third kappa shape index (κ3) is 2.20. The lowest BCUT2D eigenvalue weighted by Gasteiger charge is -2.12. The third-order valence-electron chi connectivity index (χ3n) is 3.69. The summed E-state index contributed by atoms with van der Waals surface area (Å²) in [6, 6.07) is 3.63. The maximum Gasteiger partial charge on any atom is 0.160 e. The summed E-state index contributed by atoms with van der Waals surface area (Å²) in [6.45, 7) is 0.592. The molecular weight excluding hydrogens is 278 g/mol. The number of aromatic nitrogens is 3. The number of hydrogen-bond donors (Lipinski definition) is 1. The number of fused-ring (bicyclic) bond motifs is 1. The molecule has 1 atom stereocenters. The van der Waals surface area contributed by atoms with Crippen molar-refractivity contribution in [2.24, 2.45) is 0 Å². The molecule has 0 aliphatic carbocycles. The maximum atomic E-state index is 12.1. The standard InChI is InChI=1S/C13H17N3O3S/c17-8-3-7-16-12-10(4-1-6-14-12)15-13(16)11-5-2-9-20(11,18)19/h1,4,6,11,17H,2-3,5,7-9H2. The van der Waals surface area contributed by atoms with E-state index < -0.39 is 15.1 Å². The van der Waals surface area contributed by atoms with Gasteiger partial charge in [-0.15, -0.1) is 0 Å². The van der Waals surface area contributed by atoms with Gasteiger partial charge in [-0.3, -0.25) is 0 Å². The number of sulfone groups is 1. The van der Waals surface area contributed by atoms with Crippen LogP contribution in [0.5, 0.6) is 0 Å². The maximum absolute atomic E-state index is 12.1. The van der Waals surface area contributed by atoms with Gasteiger partial charge in [0.25, 0.3) is 0 Å². The molecule has 6 nitrogen and oxygen atoms in total. The van der Waals surface area contributed by atoms with Crippen LogP contribution in [0.4, 0.5) is 0 Å². The summed E-state index contributed by atoms with van der Waals surface area (Å²) < 4.78 is 26.1. The molecule has 0 spiro atoms. The van der Waals surface area contributed by atoms with Crippen LogP contribution in [0, 0.1) is 0 Å². The smallest absolute Gasteiger partial charge is 0.160 e. The van der Waals surface area contributed by atoms with Crippen LogP contribution in [0.15, 0.2) is 18.3 Å². The molecule has 0 bridgehead atoms. The summed E-state index contributed by atoms with van der Waals surface area (Å²) in [5.74, 6) is 0.804. The van der Waals surface area contributed by atoms with Gasteiger partial charge in [0.2, 0.25) is 0 Å². The largest absolute Gasteiger partial charge is 0.396 e. The van der Waals surface area contributed by atoms with Crippen molar-refractivity contribution in [1.82, 2.24) is 14.5 Å². The van der Waals surface area contributed by atoms with Gasteiger partial charge in [-0.25, -0.2) is 18.4 Å². The van der Waals surface area contributed by atoms with Gasteiger partial charge in [-0.1, -0.05) is 0 Å². The van der Waals surface area contributed by atoms with Gasteiger partial charge < -0.3 is 9.67 Å². The van der Waals surface area contributed by atoms with Crippen LogP contribution in [0.1, 0.15) is 30.3 Å². The van der Waals surface area contributed by atoms with Crippen LogP contribution >= 0.6 is 0 Å². The number of pyridine rings is 1. The van der Waals surface area contributed by atoms with Crippen molar-refractivity contribution in [3.05, 3.63) is 24.2 Å². The minimum Gasteiger partial charge on any atom is -0.396 e. The van der Waals surface area contributed by atoms with Crippen LogP contribution in [0.25, 0.3) is 11.2 Å². The highest BCUT2D eigenvalue weighted by molar-refractivity contribution is 7.91. The number of hydrogen-bond acceptors (Lipinski definition) is 5. The summed E-state index contributed by atoms with van der Waals surface area (Å²) in [5.41, 5.74) is 1.40. The molecular formula is C13H17N3O3S. The first-order valence-corrected chi connectivity index (χ1v) is 8.48. The molecule has 1 saturated heterocycles. The molecule has 108 valence electrons. The van der Waals surface area contributed by atoms with Crippen LogP contribution in [-0.4, -0.2) is 40.4 Å². The molecule has 2 aromatic rings. The van der Waals surface area contributed by atoms with E-state index in [0.717, 1.165) is 0 Å². The molecule has 1 fully saturated rings. The summed E-state index contributed by atoms with van der Waals surface area (Å²) in [4.78, 5) is 8.78. The molecule has 3 rings (SSSR count). The van der Waals surface area contributed by atoms with Crippen molar-refractivity contribution in [2.75, 3.05) is 12.4 Å². The Balaban J connectivity index is 2.14. The zero-order valence-electron chi connectivity index (χ0n) is 11.1. The number of aliphatic hydroxyl groups excluding tert-OH is 1. The van der Waals surface area contributed by atoms with Crippen molar-refractivity contribution in [3.63, 3.8) is 0 Å². The van der Waals surface area contributed by atoms with E-state index in [-0.39, 0.29) is 12.4 Å². The van der Waals surface area contributed by atoms with Crippen molar-refractivity contribution in [2.45, 2.75) is 31.1 Å². The Morgan fingerprint density at radius 1 is 1.45 bits per heavy atom. The Kier molecular flexibility index (Phi) is 3.47. The molecule has 0 amide bonds. The molecule has 0 aromatic carbocycles. The van der Waals surface area contributed by atoms with E-state index >= 15 is 0 Å². The Bertz CT molecular complexity index is 724. The number of rotatable bonds is 4. The lowest BCUT2D eigenvalue weighted by molar-refractivity contribution is 0.279.